The third-order valence-electron chi connectivity index (χ3n) is 2.89. The fourth-order valence-electron chi connectivity index (χ4n) is 1.59. The molecule has 1 unspecified atom stereocenters. The van der Waals surface area contributed by atoms with Crippen LogP contribution in [-0.2, 0) is 4.79 Å². The van der Waals surface area contributed by atoms with Gasteiger partial charge in [0.15, 0.2) is 0 Å². The van der Waals surface area contributed by atoms with Crippen LogP contribution in [0.4, 0.5) is 0 Å². The van der Waals surface area contributed by atoms with E-state index in [0.29, 0.717) is 12.3 Å². The molecule has 0 aliphatic carbocycles. The van der Waals surface area contributed by atoms with E-state index in [-0.39, 0.29) is 5.54 Å². The van der Waals surface area contributed by atoms with Gasteiger partial charge in [-0.05, 0) is 19.8 Å². The van der Waals surface area contributed by atoms with E-state index in [1.54, 1.807) is 0 Å². The maximum Gasteiger partial charge on any atom is 0.222 e. The van der Waals surface area contributed by atoms with E-state index in [1.807, 2.05) is 11.8 Å². The molecule has 1 fully saturated rings. The molecule has 0 radical (unpaired) electrons. The van der Waals surface area contributed by atoms with Gasteiger partial charge in [0.1, 0.15) is 0 Å². The second kappa shape index (κ2) is 2.84. The zero-order chi connectivity index (χ0) is 8.48. The third-order valence-corrected chi connectivity index (χ3v) is 2.89. The van der Waals surface area contributed by atoms with Crippen molar-refractivity contribution in [2.24, 2.45) is 0 Å². The van der Waals surface area contributed by atoms with E-state index in [2.05, 4.69) is 13.8 Å². The lowest BCUT2D eigenvalue weighted by molar-refractivity contribution is -0.145. The summed E-state index contributed by atoms with van der Waals surface area (Å²) in [7, 11) is 0. The SMILES string of the molecule is CCC(=O)N1CCC1(C)CC. The van der Waals surface area contributed by atoms with Gasteiger partial charge < -0.3 is 4.90 Å². The highest BCUT2D eigenvalue weighted by Gasteiger charge is 2.40. The molecular formula is C9H17NO. The Morgan fingerprint density at radius 2 is 2.18 bits per heavy atom. The van der Waals surface area contributed by atoms with Crippen molar-refractivity contribution in [2.45, 2.75) is 45.6 Å². The molecule has 1 rings (SSSR count). The minimum atomic E-state index is 0.188. The second-order valence-electron chi connectivity index (χ2n) is 3.50. The van der Waals surface area contributed by atoms with Gasteiger partial charge in [0.25, 0.3) is 0 Å². The smallest absolute Gasteiger partial charge is 0.222 e. The molecule has 1 atom stereocenters. The molecular weight excluding hydrogens is 138 g/mol. The maximum absolute atomic E-state index is 11.3. The summed E-state index contributed by atoms with van der Waals surface area (Å²) in [4.78, 5) is 13.3. The Morgan fingerprint density at radius 3 is 2.45 bits per heavy atom. The van der Waals surface area contributed by atoms with Gasteiger partial charge in [-0.15, -0.1) is 0 Å². The van der Waals surface area contributed by atoms with Gasteiger partial charge in [0, 0.05) is 18.5 Å². The van der Waals surface area contributed by atoms with E-state index < -0.39 is 0 Å². The molecule has 64 valence electrons. The lowest BCUT2D eigenvalue weighted by Gasteiger charge is -2.50. The lowest BCUT2D eigenvalue weighted by Crippen LogP contribution is -2.59. The molecule has 1 saturated heterocycles. The Balaban J connectivity index is 2.55. The summed E-state index contributed by atoms with van der Waals surface area (Å²) in [6.07, 6.45) is 2.91. The van der Waals surface area contributed by atoms with Crippen LogP contribution in [0.2, 0.25) is 0 Å². The first kappa shape index (κ1) is 8.57. The van der Waals surface area contributed by atoms with Crippen LogP contribution < -0.4 is 0 Å². The molecule has 1 aliphatic heterocycles. The number of likely N-dealkylation sites (tertiary alicyclic amines) is 1. The van der Waals surface area contributed by atoms with E-state index in [9.17, 15) is 4.79 Å². The van der Waals surface area contributed by atoms with Crippen molar-refractivity contribution in [3.63, 3.8) is 0 Å². The molecule has 1 amide bonds. The first-order valence-corrected chi connectivity index (χ1v) is 4.44. The van der Waals surface area contributed by atoms with Crippen LogP contribution in [-0.4, -0.2) is 22.9 Å². The fraction of sp³-hybridized carbons (Fsp3) is 0.889. The average molecular weight is 155 g/mol. The Kier molecular flexibility index (Phi) is 2.21. The van der Waals surface area contributed by atoms with E-state index in [1.165, 1.54) is 6.42 Å². The number of hydrogen-bond acceptors (Lipinski definition) is 1. The van der Waals surface area contributed by atoms with Crippen LogP contribution in [0, 0.1) is 0 Å². The quantitative estimate of drug-likeness (QED) is 0.595. The van der Waals surface area contributed by atoms with E-state index >= 15 is 0 Å². The summed E-state index contributed by atoms with van der Waals surface area (Å²) in [5.41, 5.74) is 0.188. The van der Waals surface area contributed by atoms with Crippen LogP contribution in [0.15, 0.2) is 0 Å². The standard InChI is InChI=1S/C9H17NO/c1-4-8(11)10-7-6-9(10,3)5-2/h4-7H2,1-3H3. The summed E-state index contributed by atoms with van der Waals surface area (Å²) < 4.78 is 0. The van der Waals surface area contributed by atoms with Gasteiger partial charge in [0.2, 0.25) is 5.91 Å². The van der Waals surface area contributed by atoms with E-state index in [4.69, 9.17) is 0 Å². The maximum atomic E-state index is 11.3. The Morgan fingerprint density at radius 1 is 1.55 bits per heavy atom. The van der Waals surface area contributed by atoms with Crippen molar-refractivity contribution in [1.82, 2.24) is 4.90 Å². The summed E-state index contributed by atoms with van der Waals surface area (Å²) >= 11 is 0. The molecule has 1 aliphatic rings. The number of carbonyl (C=O) groups is 1. The molecule has 0 aromatic rings. The predicted octanol–water partition coefficient (Wildman–Crippen LogP) is 1.80. The van der Waals surface area contributed by atoms with Crippen molar-refractivity contribution in [1.29, 1.82) is 0 Å². The molecule has 11 heavy (non-hydrogen) atoms. The topological polar surface area (TPSA) is 20.3 Å². The number of carbonyl (C=O) groups excluding carboxylic acids is 1. The summed E-state index contributed by atoms with van der Waals surface area (Å²) in [6.45, 7) is 7.22. The molecule has 2 nitrogen and oxygen atoms in total. The highest BCUT2D eigenvalue weighted by atomic mass is 16.2. The monoisotopic (exact) mass is 155 g/mol. The van der Waals surface area contributed by atoms with Crippen LogP contribution in [0.3, 0.4) is 0 Å². The van der Waals surface area contributed by atoms with Crippen molar-refractivity contribution < 1.29 is 4.79 Å². The molecule has 0 aromatic carbocycles. The molecule has 2 heteroatoms. The van der Waals surface area contributed by atoms with Crippen LogP contribution in [0.5, 0.6) is 0 Å². The molecule has 0 bridgehead atoms. The van der Waals surface area contributed by atoms with Gasteiger partial charge in [-0.1, -0.05) is 13.8 Å². The molecule has 0 saturated carbocycles. The van der Waals surface area contributed by atoms with Crippen molar-refractivity contribution >= 4 is 5.91 Å². The summed E-state index contributed by atoms with van der Waals surface area (Å²) in [5.74, 6) is 0.306. The number of rotatable bonds is 2. The zero-order valence-corrected chi connectivity index (χ0v) is 7.68. The van der Waals surface area contributed by atoms with E-state index in [0.717, 1.165) is 13.0 Å². The first-order chi connectivity index (χ1) is 5.14. The fourth-order valence-corrected chi connectivity index (χ4v) is 1.59. The summed E-state index contributed by atoms with van der Waals surface area (Å²) in [5, 5.41) is 0. The molecule has 0 spiro atoms. The van der Waals surface area contributed by atoms with Crippen LogP contribution >= 0.6 is 0 Å². The van der Waals surface area contributed by atoms with Crippen molar-refractivity contribution in [3.05, 3.63) is 0 Å². The lowest BCUT2D eigenvalue weighted by atomic mass is 9.84. The number of nitrogens with zero attached hydrogens (tertiary/aromatic N) is 1. The van der Waals surface area contributed by atoms with Gasteiger partial charge in [-0.3, -0.25) is 4.79 Å². The second-order valence-corrected chi connectivity index (χ2v) is 3.50. The Labute approximate surface area is 68.6 Å². The van der Waals surface area contributed by atoms with Gasteiger partial charge in [0.05, 0.1) is 0 Å². The molecule has 1 heterocycles. The van der Waals surface area contributed by atoms with Gasteiger partial charge in [-0.25, -0.2) is 0 Å². The Hall–Kier alpha value is -0.530. The third kappa shape index (κ3) is 1.26. The van der Waals surface area contributed by atoms with Crippen molar-refractivity contribution in [3.8, 4) is 0 Å². The van der Waals surface area contributed by atoms with Gasteiger partial charge >= 0.3 is 0 Å². The first-order valence-electron chi connectivity index (χ1n) is 4.44. The largest absolute Gasteiger partial charge is 0.337 e. The predicted molar refractivity (Wildman–Crippen MR) is 45.3 cm³/mol. The normalized spacial score (nSPS) is 29.9. The van der Waals surface area contributed by atoms with Crippen LogP contribution in [0.25, 0.3) is 0 Å². The van der Waals surface area contributed by atoms with Crippen LogP contribution in [0.1, 0.15) is 40.0 Å². The van der Waals surface area contributed by atoms with Gasteiger partial charge in [-0.2, -0.15) is 0 Å². The minimum Gasteiger partial charge on any atom is -0.337 e. The highest BCUT2D eigenvalue weighted by Crippen LogP contribution is 2.33. The average Bonchev–Trinajstić information content (AvgIpc) is 2.01. The molecule has 0 N–H and O–H groups in total. The Bertz CT molecular complexity index is 163. The van der Waals surface area contributed by atoms with Crippen molar-refractivity contribution in [2.75, 3.05) is 6.54 Å². The zero-order valence-electron chi connectivity index (χ0n) is 7.68. The number of hydrogen-bond donors (Lipinski definition) is 0. The minimum absolute atomic E-state index is 0.188. The summed E-state index contributed by atoms with van der Waals surface area (Å²) in [6, 6.07) is 0. The molecule has 0 aromatic heterocycles. The number of amides is 1. The highest BCUT2D eigenvalue weighted by molar-refractivity contribution is 5.77.